The molecular formula is C18H19Cl2N3. The molecule has 1 aliphatic heterocycles. The van der Waals surface area contributed by atoms with Crippen molar-refractivity contribution in [2.24, 2.45) is 28.5 Å². The van der Waals surface area contributed by atoms with Crippen LogP contribution >= 0.6 is 23.2 Å². The van der Waals surface area contributed by atoms with E-state index in [-0.39, 0.29) is 0 Å². The van der Waals surface area contributed by atoms with Crippen LogP contribution < -0.4 is 5.73 Å². The maximum Gasteiger partial charge on any atom is 0.197 e. The molecule has 4 atom stereocenters. The molecule has 23 heavy (non-hydrogen) atoms. The number of guanidine groups is 1. The molecule has 1 heterocycles. The number of allylic oxidation sites excluding steroid dienone is 3. The third kappa shape index (κ3) is 2.77. The van der Waals surface area contributed by atoms with E-state index in [0.717, 1.165) is 19.4 Å². The molecule has 0 amide bonds. The van der Waals surface area contributed by atoms with E-state index in [9.17, 15) is 0 Å². The Morgan fingerprint density at radius 2 is 1.83 bits per heavy atom. The second-order valence-corrected chi connectivity index (χ2v) is 7.44. The Morgan fingerprint density at radius 1 is 1.09 bits per heavy atom. The number of halogens is 2. The predicted octanol–water partition coefficient (Wildman–Crippen LogP) is 4.39. The van der Waals surface area contributed by atoms with Gasteiger partial charge in [-0.1, -0.05) is 47.5 Å². The van der Waals surface area contributed by atoms with Crippen LogP contribution in [0.1, 0.15) is 12.8 Å². The first-order valence-corrected chi connectivity index (χ1v) is 8.77. The van der Waals surface area contributed by atoms with Gasteiger partial charge in [0.2, 0.25) is 0 Å². The number of rotatable bonds is 1. The van der Waals surface area contributed by atoms with Gasteiger partial charge >= 0.3 is 0 Å². The van der Waals surface area contributed by atoms with Crippen LogP contribution in [0.3, 0.4) is 0 Å². The second-order valence-electron chi connectivity index (χ2n) is 6.57. The molecule has 3 aliphatic rings. The average molecular weight is 348 g/mol. The summed E-state index contributed by atoms with van der Waals surface area (Å²) in [4.78, 5) is 6.80. The third-order valence-electron chi connectivity index (χ3n) is 5.17. The summed E-state index contributed by atoms with van der Waals surface area (Å²) in [5.74, 6) is 2.51. The molecule has 0 radical (unpaired) electrons. The van der Waals surface area contributed by atoms with Gasteiger partial charge in [0.25, 0.3) is 0 Å². The normalized spacial score (nSPS) is 32.3. The minimum atomic E-state index is 0.349. The van der Waals surface area contributed by atoms with Gasteiger partial charge in [-0.3, -0.25) is 0 Å². The molecule has 1 aromatic carbocycles. The summed E-state index contributed by atoms with van der Waals surface area (Å²) < 4.78 is 0. The third-order valence-corrected chi connectivity index (χ3v) is 5.61. The highest BCUT2D eigenvalue weighted by atomic mass is 35.5. The maximum absolute atomic E-state index is 6.34. The number of likely N-dealkylation sites (tertiary alicyclic amines) is 1. The van der Waals surface area contributed by atoms with Crippen LogP contribution in [0.4, 0.5) is 5.69 Å². The SMILES string of the molecule is NC(=Nc1cc(Cl)cc(Cl)c1)N1CC2CC=CC3CC=CC1C32. The summed E-state index contributed by atoms with van der Waals surface area (Å²) in [6, 6.07) is 5.61. The van der Waals surface area contributed by atoms with Crippen LogP contribution in [0.2, 0.25) is 10.0 Å². The standard InChI is InChI=1S/C18H19Cl2N3/c19-13-7-14(20)9-15(8-13)22-18(21)23-10-12-5-1-3-11-4-2-6-16(23)17(11)12/h1-3,6-9,11-12,16-17H,4-5,10H2,(H2,21,22). The molecule has 3 nitrogen and oxygen atoms in total. The molecule has 1 aromatic rings. The monoisotopic (exact) mass is 347 g/mol. The summed E-state index contributed by atoms with van der Waals surface area (Å²) in [7, 11) is 0. The fourth-order valence-corrected chi connectivity index (χ4v) is 4.78. The highest BCUT2D eigenvalue weighted by Gasteiger charge is 2.46. The Kier molecular flexibility index (Phi) is 3.86. The van der Waals surface area contributed by atoms with Crippen molar-refractivity contribution in [1.29, 1.82) is 0 Å². The lowest BCUT2D eigenvalue weighted by atomic mass is 9.71. The average Bonchev–Trinajstić information content (AvgIpc) is 2.88. The number of nitrogens with two attached hydrogens (primary N) is 1. The fraction of sp³-hybridized carbons (Fsp3) is 0.389. The van der Waals surface area contributed by atoms with E-state index in [1.54, 1.807) is 18.2 Å². The van der Waals surface area contributed by atoms with Crippen LogP contribution in [0.25, 0.3) is 0 Å². The van der Waals surface area contributed by atoms with Crippen LogP contribution in [0.5, 0.6) is 0 Å². The van der Waals surface area contributed by atoms with E-state index >= 15 is 0 Å². The molecule has 0 aromatic heterocycles. The summed E-state index contributed by atoms with van der Waals surface area (Å²) >= 11 is 12.1. The molecule has 4 unspecified atom stereocenters. The predicted molar refractivity (Wildman–Crippen MR) is 96.2 cm³/mol. The molecule has 0 bridgehead atoms. The van der Waals surface area contributed by atoms with Gasteiger partial charge in [-0.2, -0.15) is 0 Å². The summed E-state index contributed by atoms with van der Waals surface area (Å²) in [5.41, 5.74) is 7.03. The Balaban J connectivity index is 1.64. The highest BCUT2D eigenvalue weighted by Crippen LogP contribution is 2.45. The van der Waals surface area contributed by atoms with Gasteiger partial charge < -0.3 is 10.6 Å². The minimum Gasteiger partial charge on any atom is -0.369 e. The van der Waals surface area contributed by atoms with Gasteiger partial charge in [-0.25, -0.2) is 4.99 Å². The summed E-state index contributed by atoms with van der Waals surface area (Å²) in [5, 5.41) is 1.14. The minimum absolute atomic E-state index is 0.349. The first kappa shape index (κ1) is 15.1. The van der Waals surface area contributed by atoms with Crippen molar-refractivity contribution >= 4 is 34.8 Å². The fourth-order valence-electron chi connectivity index (χ4n) is 4.26. The highest BCUT2D eigenvalue weighted by molar-refractivity contribution is 6.35. The van der Waals surface area contributed by atoms with Crippen molar-refractivity contribution in [2.75, 3.05) is 6.54 Å². The van der Waals surface area contributed by atoms with Crippen molar-refractivity contribution < 1.29 is 0 Å². The molecule has 0 spiro atoms. The Morgan fingerprint density at radius 3 is 2.61 bits per heavy atom. The Labute approximate surface area is 146 Å². The van der Waals surface area contributed by atoms with E-state index in [1.807, 2.05) is 0 Å². The van der Waals surface area contributed by atoms with Gasteiger partial charge in [0.05, 0.1) is 11.7 Å². The Bertz CT molecular complexity index is 690. The first-order valence-electron chi connectivity index (χ1n) is 8.02. The molecule has 1 saturated heterocycles. The van der Waals surface area contributed by atoms with Crippen molar-refractivity contribution in [3.63, 3.8) is 0 Å². The lowest BCUT2D eigenvalue weighted by Crippen LogP contribution is -2.43. The number of hydrogen-bond acceptors (Lipinski definition) is 1. The smallest absolute Gasteiger partial charge is 0.197 e. The largest absolute Gasteiger partial charge is 0.369 e. The molecule has 2 aliphatic carbocycles. The van der Waals surface area contributed by atoms with Gasteiger partial charge in [0, 0.05) is 16.6 Å². The topological polar surface area (TPSA) is 41.6 Å². The van der Waals surface area contributed by atoms with Gasteiger partial charge in [-0.15, -0.1) is 0 Å². The zero-order valence-electron chi connectivity index (χ0n) is 12.7. The van der Waals surface area contributed by atoms with Crippen LogP contribution in [0.15, 0.2) is 47.5 Å². The second kappa shape index (κ2) is 5.88. The van der Waals surface area contributed by atoms with Crippen LogP contribution in [-0.4, -0.2) is 23.4 Å². The van der Waals surface area contributed by atoms with E-state index in [4.69, 9.17) is 28.9 Å². The summed E-state index contributed by atoms with van der Waals surface area (Å²) in [6.07, 6.45) is 11.6. The molecule has 5 heteroatoms. The van der Waals surface area contributed by atoms with E-state index in [2.05, 4.69) is 34.2 Å². The number of aliphatic imine (C=N–C) groups is 1. The lowest BCUT2D eigenvalue weighted by Gasteiger charge is -2.35. The van der Waals surface area contributed by atoms with Crippen LogP contribution in [0, 0.1) is 17.8 Å². The van der Waals surface area contributed by atoms with Crippen molar-refractivity contribution in [1.82, 2.24) is 4.90 Å². The molecule has 120 valence electrons. The molecule has 1 fully saturated rings. The zero-order valence-corrected chi connectivity index (χ0v) is 14.2. The molecule has 0 saturated carbocycles. The van der Waals surface area contributed by atoms with E-state index < -0.39 is 0 Å². The van der Waals surface area contributed by atoms with Crippen LogP contribution in [-0.2, 0) is 0 Å². The Hall–Kier alpha value is -1.45. The van der Waals surface area contributed by atoms with E-state index in [1.165, 1.54) is 0 Å². The summed E-state index contributed by atoms with van der Waals surface area (Å²) in [6.45, 7) is 0.962. The van der Waals surface area contributed by atoms with Gasteiger partial charge in [0.1, 0.15) is 0 Å². The van der Waals surface area contributed by atoms with Gasteiger partial charge in [0.15, 0.2) is 5.96 Å². The number of benzene rings is 1. The van der Waals surface area contributed by atoms with Gasteiger partial charge in [-0.05, 0) is 48.8 Å². The first-order chi connectivity index (χ1) is 11.1. The zero-order chi connectivity index (χ0) is 16.0. The van der Waals surface area contributed by atoms with Crippen molar-refractivity contribution in [3.05, 3.63) is 52.5 Å². The van der Waals surface area contributed by atoms with Crippen molar-refractivity contribution in [2.45, 2.75) is 18.9 Å². The quantitative estimate of drug-likeness (QED) is 0.465. The van der Waals surface area contributed by atoms with Crippen molar-refractivity contribution in [3.8, 4) is 0 Å². The lowest BCUT2D eigenvalue weighted by molar-refractivity contribution is 0.266. The number of nitrogens with zero attached hydrogens (tertiary/aromatic N) is 2. The maximum atomic E-state index is 6.34. The number of hydrogen-bond donors (Lipinski definition) is 1. The molecule has 4 rings (SSSR count). The molecular weight excluding hydrogens is 329 g/mol. The van der Waals surface area contributed by atoms with E-state index in [0.29, 0.717) is 45.5 Å². The molecule has 2 N–H and O–H groups in total.